The molecular formula is C18H29NO. The van der Waals surface area contributed by atoms with Crippen LogP contribution in [0.15, 0.2) is 24.3 Å². The molecule has 1 atom stereocenters. The average Bonchev–Trinajstić information content (AvgIpc) is 2.52. The third-order valence-electron chi connectivity index (χ3n) is 4.40. The highest BCUT2D eigenvalue weighted by Crippen LogP contribution is 2.21. The predicted octanol–water partition coefficient (Wildman–Crippen LogP) is 4.45. The largest absolute Gasteiger partial charge is 0.494 e. The van der Waals surface area contributed by atoms with Gasteiger partial charge in [0.25, 0.3) is 0 Å². The summed E-state index contributed by atoms with van der Waals surface area (Å²) in [5.41, 5.74) is 1.41. The fourth-order valence-corrected chi connectivity index (χ4v) is 2.79. The number of nitrogens with zero attached hydrogens (tertiary/aromatic N) is 1. The van der Waals surface area contributed by atoms with Gasteiger partial charge in [0.2, 0.25) is 0 Å². The topological polar surface area (TPSA) is 12.5 Å². The van der Waals surface area contributed by atoms with Gasteiger partial charge in [-0.3, -0.25) is 0 Å². The van der Waals surface area contributed by atoms with Gasteiger partial charge in [0.05, 0.1) is 6.61 Å². The van der Waals surface area contributed by atoms with Crippen molar-refractivity contribution in [1.29, 1.82) is 0 Å². The zero-order valence-electron chi connectivity index (χ0n) is 13.1. The summed E-state index contributed by atoms with van der Waals surface area (Å²) in [5, 5.41) is 0. The Morgan fingerprint density at radius 2 is 1.80 bits per heavy atom. The van der Waals surface area contributed by atoms with E-state index < -0.39 is 0 Å². The summed E-state index contributed by atoms with van der Waals surface area (Å²) < 4.78 is 5.84. The van der Waals surface area contributed by atoms with E-state index in [4.69, 9.17) is 4.74 Å². The molecule has 0 amide bonds. The maximum Gasteiger partial charge on any atom is 0.119 e. The van der Waals surface area contributed by atoms with Crippen molar-refractivity contribution in [2.45, 2.75) is 51.9 Å². The highest BCUT2D eigenvalue weighted by Gasteiger charge is 2.09. The zero-order chi connectivity index (χ0) is 14.2. The van der Waals surface area contributed by atoms with Crippen molar-refractivity contribution >= 4 is 0 Å². The van der Waals surface area contributed by atoms with Crippen LogP contribution >= 0.6 is 0 Å². The van der Waals surface area contributed by atoms with E-state index in [9.17, 15) is 0 Å². The number of ether oxygens (including phenoxy) is 1. The van der Waals surface area contributed by atoms with E-state index in [0.717, 1.165) is 18.8 Å². The van der Waals surface area contributed by atoms with Crippen LogP contribution in [0.2, 0.25) is 0 Å². The number of hydrogen-bond acceptors (Lipinski definition) is 2. The van der Waals surface area contributed by atoms with E-state index in [1.165, 1.54) is 50.9 Å². The smallest absolute Gasteiger partial charge is 0.119 e. The van der Waals surface area contributed by atoms with Crippen molar-refractivity contribution in [1.82, 2.24) is 4.90 Å². The van der Waals surface area contributed by atoms with Crippen LogP contribution in [-0.4, -0.2) is 31.1 Å². The minimum atomic E-state index is 0.642. The first-order chi connectivity index (χ1) is 9.79. The van der Waals surface area contributed by atoms with E-state index in [-0.39, 0.29) is 0 Å². The molecular weight excluding hydrogens is 246 g/mol. The Kier molecular flexibility index (Phi) is 6.38. The summed E-state index contributed by atoms with van der Waals surface area (Å²) in [6.45, 7) is 9.08. The Bertz CT molecular complexity index is 368. The lowest BCUT2D eigenvalue weighted by atomic mass is 9.99. The molecule has 1 aromatic carbocycles. The first kappa shape index (κ1) is 15.4. The van der Waals surface area contributed by atoms with Gasteiger partial charge in [0.1, 0.15) is 5.75 Å². The molecule has 0 aromatic heterocycles. The minimum Gasteiger partial charge on any atom is -0.494 e. The summed E-state index contributed by atoms with van der Waals surface area (Å²) in [4.78, 5) is 2.57. The number of likely N-dealkylation sites (tertiary alicyclic amines) is 1. The molecule has 0 N–H and O–H groups in total. The van der Waals surface area contributed by atoms with Crippen molar-refractivity contribution in [3.8, 4) is 5.75 Å². The highest BCUT2D eigenvalue weighted by molar-refractivity contribution is 5.29. The molecule has 0 aliphatic carbocycles. The molecule has 2 rings (SSSR count). The lowest BCUT2D eigenvalue weighted by Crippen LogP contribution is -2.31. The lowest BCUT2D eigenvalue weighted by Gasteiger charge is -2.26. The van der Waals surface area contributed by atoms with Crippen LogP contribution in [0.25, 0.3) is 0 Å². The lowest BCUT2D eigenvalue weighted by molar-refractivity contribution is 0.205. The van der Waals surface area contributed by atoms with Crippen LogP contribution in [0.4, 0.5) is 0 Å². The van der Waals surface area contributed by atoms with E-state index in [1.54, 1.807) is 0 Å². The first-order valence-electron chi connectivity index (χ1n) is 8.24. The molecule has 1 saturated heterocycles. The molecule has 20 heavy (non-hydrogen) atoms. The van der Waals surface area contributed by atoms with Crippen LogP contribution < -0.4 is 4.74 Å². The van der Waals surface area contributed by atoms with Gasteiger partial charge in [-0.05, 0) is 62.4 Å². The Labute approximate surface area is 124 Å². The van der Waals surface area contributed by atoms with Crippen molar-refractivity contribution < 1.29 is 4.74 Å². The molecule has 1 aliphatic rings. The summed E-state index contributed by atoms with van der Waals surface area (Å²) in [7, 11) is 0. The molecule has 2 nitrogen and oxygen atoms in total. The maximum absolute atomic E-state index is 5.84. The molecule has 2 heteroatoms. The predicted molar refractivity (Wildman–Crippen MR) is 85.6 cm³/mol. The molecule has 0 spiro atoms. The number of rotatable bonds is 7. The number of hydrogen-bond donors (Lipinski definition) is 0. The molecule has 0 radical (unpaired) electrons. The van der Waals surface area contributed by atoms with Crippen LogP contribution in [-0.2, 0) is 0 Å². The van der Waals surface area contributed by atoms with E-state index in [0.29, 0.717) is 5.92 Å². The molecule has 1 aromatic rings. The third-order valence-corrected chi connectivity index (χ3v) is 4.40. The zero-order valence-corrected chi connectivity index (χ0v) is 13.1. The normalized spacial score (nSPS) is 17.9. The van der Waals surface area contributed by atoms with Gasteiger partial charge < -0.3 is 9.64 Å². The Balaban J connectivity index is 1.66. The first-order valence-corrected chi connectivity index (χ1v) is 8.24. The average molecular weight is 275 g/mol. The summed E-state index contributed by atoms with van der Waals surface area (Å²) in [6.07, 6.45) is 6.48. The van der Waals surface area contributed by atoms with Crippen molar-refractivity contribution in [2.75, 3.05) is 26.2 Å². The Hall–Kier alpha value is -1.02. The van der Waals surface area contributed by atoms with Crippen molar-refractivity contribution in [3.05, 3.63) is 29.8 Å². The van der Waals surface area contributed by atoms with Crippen LogP contribution in [0.1, 0.15) is 57.4 Å². The summed E-state index contributed by atoms with van der Waals surface area (Å²) >= 11 is 0. The van der Waals surface area contributed by atoms with Crippen LogP contribution in [0, 0.1) is 0 Å². The third kappa shape index (κ3) is 4.82. The fourth-order valence-electron chi connectivity index (χ4n) is 2.79. The SMILES string of the molecule is CCC(C)c1ccc(OCCCN2CCCCC2)cc1. The van der Waals surface area contributed by atoms with Gasteiger partial charge in [0.15, 0.2) is 0 Å². The summed E-state index contributed by atoms with van der Waals surface area (Å²) in [5.74, 6) is 1.65. The molecule has 0 saturated carbocycles. The van der Waals surface area contributed by atoms with E-state index in [1.807, 2.05) is 0 Å². The van der Waals surface area contributed by atoms with Gasteiger partial charge in [-0.15, -0.1) is 0 Å². The molecule has 0 bridgehead atoms. The van der Waals surface area contributed by atoms with Gasteiger partial charge >= 0.3 is 0 Å². The Morgan fingerprint density at radius 1 is 1.10 bits per heavy atom. The second kappa shape index (κ2) is 8.31. The van der Waals surface area contributed by atoms with Gasteiger partial charge in [0, 0.05) is 6.54 Å². The fraction of sp³-hybridized carbons (Fsp3) is 0.667. The van der Waals surface area contributed by atoms with Gasteiger partial charge in [-0.2, -0.15) is 0 Å². The maximum atomic E-state index is 5.84. The Morgan fingerprint density at radius 3 is 2.45 bits per heavy atom. The standard InChI is InChI=1S/C18H29NO/c1-3-16(2)17-8-10-18(11-9-17)20-15-7-14-19-12-5-4-6-13-19/h8-11,16H,3-7,12-15H2,1-2H3. The van der Waals surface area contributed by atoms with Crippen LogP contribution in [0.5, 0.6) is 5.75 Å². The molecule has 112 valence electrons. The molecule has 1 fully saturated rings. The second-order valence-corrected chi connectivity index (χ2v) is 5.98. The quantitative estimate of drug-likeness (QED) is 0.681. The van der Waals surface area contributed by atoms with E-state index >= 15 is 0 Å². The van der Waals surface area contributed by atoms with Gasteiger partial charge in [-0.1, -0.05) is 32.4 Å². The van der Waals surface area contributed by atoms with E-state index in [2.05, 4.69) is 43.0 Å². The molecule has 1 aliphatic heterocycles. The monoisotopic (exact) mass is 275 g/mol. The van der Waals surface area contributed by atoms with Crippen molar-refractivity contribution in [2.24, 2.45) is 0 Å². The minimum absolute atomic E-state index is 0.642. The molecule has 1 unspecified atom stereocenters. The van der Waals surface area contributed by atoms with Gasteiger partial charge in [-0.25, -0.2) is 0 Å². The molecule has 1 heterocycles. The number of benzene rings is 1. The number of piperidine rings is 1. The summed E-state index contributed by atoms with van der Waals surface area (Å²) in [6, 6.07) is 8.63. The highest BCUT2D eigenvalue weighted by atomic mass is 16.5. The second-order valence-electron chi connectivity index (χ2n) is 5.98. The van der Waals surface area contributed by atoms with Crippen molar-refractivity contribution in [3.63, 3.8) is 0 Å². The van der Waals surface area contributed by atoms with Crippen LogP contribution in [0.3, 0.4) is 0 Å².